The molecule has 0 saturated heterocycles. The largest absolute Gasteiger partial charge is 0.369 e. The summed E-state index contributed by atoms with van der Waals surface area (Å²) < 4.78 is 28.3. The van der Waals surface area contributed by atoms with Crippen LogP contribution in [-0.2, 0) is 17.9 Å². The maximum atomic E-state index is 11.8. The monoisotopic (exact) mass is 236 g/mol. The normalized spacial score (nSPS) is 11.2. The molecular formula is C9H14F2N2OS. The van der Waals surface area contributed by atoms with Gasteiger partial charge < -0.3 is 10.1 Å². The first-order valence-corrected chi connectivity index (χ1v) is 5.60. The number of hydrogen-bond donors (Lipinski definition) is 1. The Kier molecular flexibility index (Phi) is 5.67. The molecule has 1 aromatic heterocycles. The van der Waals surface area contributed by atoms with E-state index in [4.69, 9.17) is 4.74 Å². The molecule has 3 nitrogen and oxygen atoms in total. The summed E-state index contributed by atoms with van der Waals surface area (Å²) in [6.07, 6.45) is -2.41. The summed E-state index contributed by atoms with van der Waals surface area (Å²) >= 11 is 1.51. The van der Waals surface area contributed by atoms with Crippen molar-refractivity contribution in [2.45, 2.75) is 26.5 Å². The first kappa shape index (κ1) is 12.5. The quantitative estimate of drug-likeness (QED) is 0.786. The first-order chi connectivity index (χ1) is 7.22. The standard InChI is InChI=1S/C9H14F2N2OS/c1-2-12-3-9-13-7(6-15-9)4-14-5-8(10)11/h6,8,12H,2-5H2,1H3. The predicted molar refractivity (Wildman–Crippen MR) is 55.2 cm³/mol. The molecule has 0 aromatic carbocycles. The van der Waals surface area contributed by atoms with Crippen molar-refractivity contribution in [3.63, 3.8) is 0 Å². The maximum Gasteiger partial charge on any atom is 0.261 e. The van der Waals surface area contributed by atoms with Crippen LogP contribution in [0.15, 0.2) is 5.38 Å². The number of halogens is 2. The van der Waals surface area contributed by atoms with E-state index in [0.717, 1.165) is 18.1 Å². The second-order valence-corrected chi connectivity index (χ2v) is 3.86. The van der Waals surface area contributed by atoms with E-state index in [2.05, 4.69) is 10.3 Å². The summed E-state index contributed by atoms with van der Waals surface area (Å²) in [5.41, 5.74) is 0.716. The van der Waals surface area contributed by atoms with Gasteiger partial charge in [0.05, 0.1) is 12.3 Å². The van der Waals surface area contributed by atoms with Gasteiger partial charge in [0, 0.05) is 11.9 Å². The van der Waals surface area contributed by atoms with Gasteiger partial charge in [0.2, 0.25) is 0 Å². The second kappa shape index (κ2) is 6.81. The molecule has 0 aliphatic carbocycles. The van der Waals surface area contributed by atoms with E-state index < -0.39 is 13.0 Å². The van der Waals surface area contributed by atoms with Crippen molar-refractivity contribution in [1.82, 2.24) is 10.3 Å². The van der Waals surface area contributed by atoms with E-state index >= 15 is 0 Å². The zero-order valence-corrected chi connectivity index (χ0v) is 9.32. The SMILES string of the molecule is CCNCc1nc(COCC(F)F)cs1. The highest BCUT2D eigenvalue weighted by Crippen LogP contribution is 2.10. The lowest BCUT2D eigenvalue weighted by Crippen LogP contribution is -2.11. The molecule has 0 saturated carbocycles. The first-order valence-electron chi connectivity index (χ1n) is 4.72. The van der Waals surface area contributed by atoms with E-state index in [1.54, 1.807) is 0 Å². The van der Waals surface area contributed by atoms with Crippen LogP contribution in [0.5, 0.6) is 0 Å². The second-order valence-electron chi connectivity index (χ2n) is 2.92. The number of nitrogens with zero attached hydrogens (tertiary/aromatic N) is 1. The summed E-state index contributed by atoms with van der Waals surface area (Å²) in [4.78, 5) is 4.23. The van der Waals surface area contributed by atoms with Crippen molar-refractivity contribution in [3.05, 3.63) is 16.1 Å². The molecule has 1 aromatic rings. The number of thiazole rings is 1. The third-order valence-electron chi connectivity index (χ3n) is 1.62. The van der Waals surface area contributed by atoms with Crippen LogP contribution in [0.4, 0.5) is 8.78 Å². The van der Waals surface area contributed by atoms with Gasteiger partial charge in [0.1, 0.15) is 11.6 Å². The summed E-state index contributed by atoms with van der Waals surface area (Å²) in [5.74, 6) is 0. The van der Waals surface area contributed by atoms with Crippen molar-refractivity contribution >= 4 is 11.3 Å². The maximum absolute atomic E-state index is 11.8. The Morgan fingerprint density at radius 3 is 3.07 bits per heavy atom. The highest BCUT2D eigenvalue weighted by atomic mass is 32.1. The van der Waals surface area contributed by atoms with Crippen LogP contribution < -0.4 is 5.32 Å². The minimum absolute atomic E-state index is 0.160. The van der Waals surface area contributed by atoms with Crippen LogP contribution >= 0.6 is 11.3 Å². The molecule has 1 rings (SSSR count). The van der Waals surface area contributed by atoms with Crippen molar-refractivity contribution in [3.8, 4) is 0 Å². The Bertz CT molecular complexity index is 281. The van der Waals surface area contributed by atoms with Crippen molar-refractivity contribution in [1.29, 1.82) is 0 Å². The molecule has 0 spiro atoms. The fraction of sp³-hybridized carbons (Fsp3) is 0.667. The molecule has 86 valence electrons. The Morgan fingerprint density at radius 1 is 1.60 bits per heavy atom. The number of nitrogens with one attached hydrogen (secondary N) is 1. The van der Waals surface area contributed by atoms with E-state index in [9.17, 15) is 8.78 Å². The molecular weight excluding hydrogens is 222 g/mol. The van der Waals surface area contributed by atoms with Gasteiger partial charge in [-0.05, 0) is 6.54 Å². The van der Waals surface area contributed by atoms with E-state index in [0.29, 0.717) is 5.69 Å². The van der Waals surface area contributed by atoms with Gasteiger partial charge in [-0.2, -0.15) is 0 Å². The van der Waals surface area contributed by atoms with Gasteiger partial charge >= 0.3 is 0 Å². The van der Waals surface area contributed by atoms with Crippen LogP contribution in [-0.4, -0.2) is 24.6 Å². The van der Waals surface area contributed by atoms with Crippen molar-refractivity contribution in [2.75, 3.05) is 13.2 Å². The van der Waals surface area contributed by atoms with E-state index in [1.807, 2.05) is 12.3 Å². The molecule has 0 bridgehead atoms. The Labute approximate surface area is 91.5 Å². The van der Waals surface area contributed by atoms with Crippen LogP contribution in [0.3, 0.4) is 0 Å². The molecule has 0 fully saturated rings. The molecule has 1 N–H and O–H groups in total. The lowest BCUT2D eigenvalue weighted by Gasteiger charge is -2.00. The highest BCUT2D eigenvalue weighted by molar-refractivity contribution is 7.09. The van der Waals surface area contributed by atoms with Crippen LogP contribution in [0.2, 0.25) is 0 Å². The fourth-order valence-electron chi connectivity index (χ4n) is 0.981. The fourth-order valence-corrected chi connectivity index (χ4v) is 1.73. The van der Waals surface area contributed by atoms with Crippen molar-refractivity contribution < 1.29 is 13.5 Å². The lowest BCUT2D eigenvalue weighted by atomic mass is 10.5. The molecule has 0 amide bonds. The Hall–Kier alpha value is -0.590. The van der Waals surface area contributed by atoms with Crippen LogP contribution in [0.1, 0.15) is 17.6 Å². The molecule has 0 radical (unpaired) electrons. The Morgan fingerprint density at radius 2 is 2.40 bits per heavy atom. The smallest absolute Gasteiger partial charge is 0.261 e. The van der Waals surface area contributed by atoms with Gasteiger partial charge in [-0.15, -0.1) is 11.3 Å². The number of ether oxygens (including phenoxy) is 1. The highest BCUT2D eigenvalue weighted by Gasteiger charge is 2.05. The Balaban J connectivity index is 2.26. The minimum Gasteiger partial charge on any atom is -0.369 e. The summed E-state index contributed by atoms with van der Waals surface area (Å²) in [6, 6.07) is 0. The third-order valence-corrected chi connectivity index (χ3v) is 2.52. The lowest BCUT2D eigenvalue weighted by molar-refractivity contribution is 0.00895. The zero-order valence-electron chi connectivity index (χ0n) is 8.50. The molecule has 6 heteroatoms. The van der Waals surface area contributed by atoms with Gasteiger partial charge in [-0.1, -0.05) is 6.92 Å². The molecule has 0 aliphatic rings. The minimum atomic E-state index is -2.41. The predicted octanol–water partition coefficient (Wildman–Crippen LogP) is 2.03. The van der Waals surface area contributed by atoms with Crippen LogP contribution in [0, 0.1) is 0 Å². The number of aromatic nitrogens is 1. The zero-order chi connectivity index (χ0) is 11.1. The summed E-state index contributed by atoms with van der Waals surface area (Å²) in [6.45, 7) is 3.25. The number of alkyl halides is 2. The average molecular weight is 236 g/mol. The topological polar surface area (TPSA) is 34.2 Å². The molecule has 0 aliphatic heterocycles. The van der Waals surface area contributed by atoms with Crippen LogP contribution in [0.25, 0.3) is 0 Å². The number of hydrogen-bond acceptors (Lipinski definition) is 4. The van der Waals surface area contributed by atoms with Gasteiger partial charge in [-0.3, -0.25) is 0 Å². The average Bonchev–Trinajstić information content (AvgIpc) is 2.62. The molecule has 0 atom stereocenters. The third kappa shape index (κ3) is 5.15. The van der Waals surface area contributed by atoms with Gasteiger partial charge in [0.15, 0.2) is 0 Å². The van der Waals surface area contributed by atoms with Crippen molar-refractivity contribution in [2.24, 2.45) is 0 Å². The van der Waals surface area contributed by atoms with E-state index in [1.165, 1.54) is 11.3 Å². The van der Waals surface area contributed by atoms with E-state index in [-0.39, 0.29) is 6.61 Å². The molecule has 15 heavy (non-hydrogen) atoms. The summed E-state index contributed by atoms with van der Waals surface area (Å²) in [5, 5.41) is 5.92. The van der Waals surface area contributed by atoms with Gasteiger partial charge in [0.25, 0.3) is 6.43 Å². The molecule has 0 unspecified atom stereocenters. The van der Waals surface area contributed by atoms with Gasteiger partial charge in [-0.25, -0.2) is 13.8 Å². The number of rotatable bonds is 7. The summed E-state index contributed by atoms with van der Waals surface area (Å²) in [7, 11) is 0. The molecule has 1 heterocycles.